The van der Waals surface area contributed by atoms with E-state index in [0.29, 0.717) is 30.0 Å². The van der Waals surface area contributed by atoms with Crippen LogP contribution in [-0.2, 0) is 0 Å². The van der Waals surface area contributed by atoms with Crippen molar-refractivity contribution in [3.8, 4) is 28.6 Å². The second-order valence-corrected chi connectivity index (χ2v) is 8.57. The van der Waals surface area contributed by atoms with Gasteiger partial charge in [-0.15, -0.1) is 10.2 Å². The molecule has 2 saturated heterocycles. The molecule has 4 unspecified atom stereocenters. The maximum absolute atomic E-state index is 14.1. The van der Waals surface area contributed by atoms with E-state index >= 15 is 0 Å². The first-order chi connectivity index (χ1) is 14.4. The molecule has 0 spiro atoms. The maximum Gasteiger partial charge on any atom is 0.233 e. The molecule has 30 heavy (non-hydrogen) atoms. The third kappa shape index (κ3) is 3.52. The number of piperidine rings is 1. The maximum atomic E-state index is 14.1. The number of hydrogen-bond acceptors (Lipinski definition) is 6. The zero-order valence-electron chi connectivity index (χ0n) is 16.9. The largest absolute Gasteiger partial charge is 0.507 e. The van der Waals surface area contributed by atoms with Gasteiger partial charge in [0.05, 0.1) is 17.1 Å². The van der Waals surface area contributed by atoms with E-state index in [0.717, 1.165) is 17.8 Å². The summed E-state index contributed by atoms with van der Waals surface area (Å²) < 4.78 is 21.8. The molecule has 2 aromatic heterocycles. The number of hydrogen-bond donors (Lipinski definition) is 2. The Hall–Kier alpha value is -3.00. The number of fused-ring (bicyclic) bond motifs is 2. The Kier molecular flexibility index (Phi) is 4.47. The van der Waals surface area contributed by atoms with Crippen LogP contribution in [0, 0.1) is 6.92 Å². The van der Waals surface area contributed by atoms with Crippen molar-refractivity contribution < 1.29 is 14.2 Å². The van der Waals surface area contributed by atoms with Crippen LogP contribution in [0.5, 0.6) is 11.6 Å². The van der Waals surface area contributed by atoms with Crippen molar-refractivity contribution in [1.29, 1.82) is 0 Å². The van der Waals surface area contributed by atoms with Crippen LogP contribution >= 0.6 is 0 Å². The molecule has 2 aliphatic rings. The number of nitrogens with one attached hydrogen (secondary N) is 1. The highest BCUT2D eigenvalue weighted by Gasteiger charge is 2.48. The van der Waals surface area contributed by atoms with Crippen LogP contribution in [0.1, 0.15) is 31.9 Å². The minimum absolute atomic E-state index is 0.0904. The highest BCUT2D eigenvalue weighted by Crippen LogP contribution is 2.38. The van der Waals surface area contributed by atoms with Crippen LogP contribution in [0.3, 0.4) is 0 Å². The molecule has 0 aliphatic carbocycles. The summed E-state index contributed by atoms with van der Waals surface area (Å²) in [7, 11) is 0. The first kappa shape index (κ1) is 19.0. The number of halogens is 1. The van der Waals surface area contributed by atoms with E-state index in [1.807, 2.05) is 32.2 Å². The van der Waals surface area contributed by atoms with Gasteiger partial charge in [0.25, 0.3) is 0 Å². The Morgan fingerprint density at radius 1 is 1.20 bits per heavy atom. The molecule has 4 heterocycles. The topological polar surface area (TPSA) is 85.1 Å². The lowest BCUT2D eigenvalue weighted by molar-refractivity contribution is 0.0988. The lowest BCUT2D eigenvalue weighted by atomic mass is 9.91. The highest BCUT2D eigenvalue weighted by molar-refractivity contribution is 5.68. The van der Waals surface area contributed by atoms with Crippen LogP contribution in [0.2, 0.25) is 0 Å². The molecular formula is C22H24FN5O2. The van der Waals surface area contributed by atoms with Gasteiger partial charge in [0.15, 0.2) is 0 Å². The fourth-order valence-corrected chi connectivity index (χ4v) is 4.61. The molecule has 2 bridgehead atoms. The number of nitrogens with zero attached hydrogens (tertiary/aromatic N) is 4. The minimum Gasteiger partial charge on any atom is -0.507 e. The van der Waals surface area contributed by atoms with Crippen molar-refractivity contribution in [1.82, 2.24) is 25.3 Å². The molecule has 0 saturated carbocycles. The SMILES string of the molecule is Cc1ccn(-c2ccc(-c3ccc(OC4CC5NC(C)(C4)CC5F)nn3)c(O)c2)n1. The lowest BCUT2D eigenvalue weighted by Gasteiger charge is -2.35. The zero-order valence-corrected chi connectivity index (χ0v) is 16.9. The van der Waals surface area contributed by atoms with Crippen molar-refractivity contribution in [3.63, 3.8) is 0 Å². The summed E-state index contributed by atoms with van der Waals surface area (Å²) in [5.41, 5.74) is 2.56. The molecule has 3 aromatic rings. The summed E-state index contributed by atoms with van der Waals surface area (Å²) in [6.07, 6.45) is 2.81. The van der Waals surface area contributed by atoms with Gasteiger partial charge in [0.2, 0.25) is 5.88 Å². The molecule has 7 nitrogen and oxygen atoms in total. The number of aryl methyl sites for hydroxylation is 1. The van der Waals surface area contributed by atoms with Gasteiger partial charge in [-0.1, -0.05) is 0 Å². The molecule has 2 aliphatic heterocycles. The summed E-state index contributed by atoms with van der Waals surface area (Å²) in [5, 5.41) is 26.6. The molecule has 4 atom stereocenters. The third-order valence-electron chi connectivity index (χ3n) is 5.98. The quantitative estimate of drug-likeness (QED) is 0.688. The Morgan fingerprint density at radius 2 is 2.07 bits per heavy atom. The van der Waals surface area contributed by atoms with Crippen molar-refractivity contribution in [2.75, 3.05) is 0 Å². The number of rotatable bonds is 4. The van der Waals surface area contributed by atoms with Crippen molar-refractivity contribution in [2.45, 2.75) is 57.0 Å². The van der Waals surface area contributed by atoms with Gasteiger partial charge in [-0.05, 0) is 44.5 Å². The number of aromatic hydroxyl groups is 1. The van der Waals surface area contributed by atoms with E-state index in [4.69, 9.17) is 4.74 Å². The number of aromatic nitrogens is 4. The van der Waals surface area contributed by atoms with Crippen LogP contribution in [0.25, 0.3) is 16.9 Å². The van der Waals surface area contributed by atoms with Crippen molar-refractivity contribution in [3.05, 3.63) is 48.3 Å². The molecule has 156 valence electrons. The van der Waals surface area contributed by atoms with Gasteiger partial charge in [0.1, 0.15) is 18.0 Å². The highest BCUT2D eigenvalue weighted by atomic mass is 19.1. The van der Waals surface area contributed by atoms with E-state index in [2.05, 4.69) is 20.6 Å². The van der Waals surface area contributed by atoms with Gasteiger partial charge in [-0.25, -0.2) is 9.07 Å². The van der Waals surface area contributed by atoms with Gasteiger partial charge >= 0.3 is 0 Å². The van der Waals surface area contributed by atoms with E-state index in [1.54, 1.807) is 28.9 Å². The average molecular weight is 409 g/mol. The summed E-state index contributed by atoms with van der Waals surface area (Å²) in [5.74, 6) is 0.507. The Balaban J connectivity index is 1.31. The predicted octanol–water partition coefficient (Wildman–Crippen LogP) is 3.34. The summed E-state index contributed by atoms with van der Waals surface area (Å²) in [6, 6.07) is 10.6. The van der Waals surface area contributed by atoms with Gasteiger partial charge in [-0.3, -0.25) is 0 Å². The molecule has 2 fully saturated rings. The standard InChI is InChI=1S/C22H24FN5O2/c1-13-7-8-28(27-13)14-3-4-16(20(29)9-14)18-5-6-21(26-25-18)30-15-10-19-17(23)12-22(2,11-15)24-19/h3-9,15,17,19,24,29H,10-12H2,1-2H3. The monoisotopic (exact) mass is 409 g/mol. The zero-order chi connectivity index (χ0) is 20.9. The van der Waals surface area contributed by atoms with E-state index in [9.17, 15) is 9.50 Å². The normalized spacial score (nSPS) is 27.9. The lowest BCUT2D eigenvalue weighted by Crippen LogP contribution is -2.51. The number of phenolic OH excluding ortho intramolecular Hbond substituents is 1. The summed E-state index contributed by atoms with van der Waals surface area (Å²) in [6.45, 7) is 3.95. The molecule has 8 heteroatoms. The van der Waals surface area contributed by atoms with Crippen LogP contribution in [0.15, 0.2) is 42.6 Å². The van der Waals surface area contributed by atoms with Gasteiger partial charge in [0, 0.05) is 48.3 Å². The molecule has 1 aromatic carbocycles. The fourth-order valence-electron chi connectivity index (χ4n) is 4.61. The van der Waals surface area contributed by atoms with Crippen LogP contribution < -0.4 is 10.1 Å². The van der Waals surface area contributed by atoms with E-state index in [1.165, 1.54) is 0 Å². The van der Waals surface area contributed by atoms with Gasteiger partial charge < -0.3 is 15.2 Å². The smallest absolute Gasteiger partial charge is 0.233 e. The number of ether oxygens (including phenoxy) is 1. The van der Waals surface area contributed by atoms with Crippen LogP contribution in [-0.4, -0.2) is 48.9 Å². The van der Waals surface area contributed by atoms with Crippen LogP contribution in [0.4, 0.5) is 4.39 Å². The Bertz CT molecular complexity index is 1070. The van der Waals surface area contributed by atoms with E-state index in [-0.39, 0.29) is 23.4 Å². The average Bonchev–Trinajstić information content (AvgIpc) is 3.22. The first-order valence-electron chi connectivity index (χ1n) is 10.2. The fraction of sp³-hybridized carbons (Fsp3) is 0.409. The van der Waals surface area contributed by atoms with Gasteiger partial charge in [-0.2, -0.15) is 5.10 Å². The summed E-state index contributed by atoms with van der Waals surface area (Å²) >= 11 is 0. The third-order valence-corrected chi connectivity index (χ3v) is 5.98. The second kappa shape index (κ2) is 7.05. The second-order valence-electron chi connectivity index (χ2n) is 8.57. The van der Waals surface area contributed by atoms with E-state index < -0.39 is 6.17 Å². The Morgan fingerprint density at radius 3 is 2.73 bits per heavy atom. The van der Waals surface area contributed by atoms with Crippen molar-refractivity contribution >= 4 is 0 Å². The number of benzene rings is 1. The molecule has 0 amide bonds. The Labute approximate surface area is 173 Å². The molecule has 5 rings (SSSR count). The molecule has 2 N–H and O–H groups in total. The van der Waals surface area contributed by atoms with Crippen molar-refractivity contribution in [2.24, 2.45) is 0 Å². The molecule has 0 radical (unpaired) electrons. The number of phenols is 1. The minimum atomic E-state index is -0.825. The first-order valence-corrected chi connectivity index (χ1v) is 10.2. The number of alkyl halides is 1. The summed E-state index contributed by atoms with van der Waals surface area (Å²) in [4.78, 5) is 0. The molecular weight excluding hydrogens is 385 g/mol. The predicted molar refractivity (Wildman–Crippen MR) is 109 cm³/mol.